The molecule has 0 heterocycles. The lowest BCUT2D eigenvalue weighted by Crippen LogP contribution is -2.45. The van der Waals surface area contributed by atoms with Crippen LogP contribution in [0.5, 0.6) is 0 Å². The number of rotatable bonds is 7. The molecule has 1 aliphatic rings. The second kappa shape index (κ2) is 12.4. The van der Waals surface area contributed by atoms with Gasteiger partial charge in [-0.2, -0.15) is 0 Å². The summed E-state index contributed by atoms with van der Waals surface area (Å²) in [5.74, 6) is -5.63. The molecular weight excluding hydrogens is 482 g/mol. The van der Waals surface area contributed by atoms with Crippen LogP contribution >= 0.6 is 0 Å². The molecule has 0 radical (unpaired) electrons. The second-order valence-corrected chi connectivity index (χ2v) is 8.05. The van der Waals surface area contributed by atoms with Crippen LogP contribution in [0.15, 0.2) is 84.9 Å². The second-order valence-electron chi connectivity index (χ2n) is 8.05. The maximum absolute atomic E-state index is 12.0. The SMILES string of the molecule is N[C@H]1C[C@H](O)c2ccccc21.O=C(OC(C(=O)O)C(OC(=O)c1ccccc1)C(=O)O)c1ccccc1. The molecule has 4 rings (SSSR count). The van der Waals surface area contributed by atoms with Crippen molar-refractivity contribution in [2.45, 2.75) is 30.8 Å². The van der Waals surface area contributed by atoms with E-state index in [2.05, 4.69) is 0 Å². The summed E-state index contributed by atoms with van der Waals surface area (Å²) in [4.78, 5) is 46.8. The summed E-state index contributed by atoms with van der Waals surface area (Å²) in [5, 5.41) is 28.0. The third-order valence-electron chi connectivity index (χ3n) is 5.48. The molecule has 10 nitrogen and oxygen atoms in total. The van der Waals surface area contributed by atoms with Gasteiger partial charge in [-0.05, 0) is 41.8 Å². The maximum Gasteiger partial charge on any atom is 0.349 e. The van der Waals surface area contributed by atoms with Crippen molar-refractivity contribution in [3.63, 3.8) is 0 Å². The Morgan fingerprint density at radius 3 is 1.43 bits per heavy atom. The number of carbonyl (C=O) groups excluding carboxylic acids is 2. The van der Waals surface area contributed by atoms with E-state index in [1.165, 1.54) is 48.5 Å². The minimum absolute atomic E-state index is 0.0253. The van der Waals surface area contributed by atoms with Crippen LogP contribution in [0.2, 0.25) is 0 Å². The number of carboxylic acid groups (broad SMARTS) is 2. The quantitative estimate of drug-likeness (QED) is 0.348. The number of hydrogen-bond donors (Lipinski definition) is 4. The van der Waals surface area contributed by atoms with Gasteiger partial charge in [-0.25, -0.2) is 19.2 Å². The standard InChI is InChI=1S/C18H14O8.C9H11NO/c19-15(20)13(25-17(23)11-7-3-1-4-8-11)14(16(21)22)26-18(24)12-9-5-2-6-10-12;10-8-5-9(11)7-4-2-1-3-6(7)8/h1-10,13-14H,(H,19,20)(H,21,22);1-4,8-9,11H,5,10H2/t;8-,9-/m.0/s1. The van der Waals surface area contributed by atoms with E-state index < -0.39 is 36.1 Å². The molecule has 3 aromatic rings. The summed E-state index contributed by atoms with van der Waals surface area (Å²) in [6.07, 6.45) is -4.11. The van der Waals surface area contributed by atoms with Crippen LogP contribution in [0.3, 0.4) is 0 Å². The van der Waals surface area contributed by atoms with Crippen molar-refractivity contribution in [3.8, 4) is 0 Å². The molecule has 0 aliphatic heterocycles. The Kier molecular flexibility index (Phi) is 9.09. The molecule has 0 fully saturated rings. The van der Waals surface area contributed by atoms with Gasteiger partial charge in [0.15, 0.2) is 0 Å². The predicted octanol–water partition coefficient (Wildman–Crippen LogP) is 2.73. The molecule has 2 unspecified atom stereocenters. The van der Waals surface area contributed by atoms with Gasteiger partial charge in [0, 0.05) is 6.04 Å². The molecule has 3 aromatic carbocycles. The first-order chi connectivity index (χ1) is 17.7. The first kappa shape index (κ1) is 27.1. The van der Waals surface area contributed by atoms with E-state index in [9.17, 15) is 34.5 Å². The molecule has 192 valence electrons. The summed E-state index contributed by atoms with van der Waals surface area (Å²) >= 11 is 0. The minimum Gasteiger partial charge on any atom is -0.478 e. The van der Waals surface area contributed by atoms with E-state index >= 15 is 0 Å². The molecule has 0 bridgehead atoms. The zero-order chi connectivity index (χ0) is 26.9. The normalized spacial score (nSPS) is 17.2. The first-order valence-electron chi connectivity index (χ1n) is 11.2. The highest BCUT2D eigenvalue weighted by Crippen LogP contribution is 2.36. The molecule has 10 heteroatoms. The fourth-order valence-corrected chi connectivity index (χ4v) is 3.65. The van der Waals surface area contributed by atoms with E-state index in [1.54, 1.807) is 12.1 Å². The Morgan fingerprint density at radius 1 is 0.676 bits per heavy atom. The van der Waals surface area contributed by atoms with Crippen molar-refractivity contribution in [1.82, 2.24) is 0 Å². The number of carboxylic acids is 2. The van der Waals surface area contributed by atoms with Gasteiger partial charge in [-0.3, -0.25) is 0 Å². The Hall–Kier alpha value is -4.54. The maximum atomic E-state index is 12.0. The molecule has 1 aliphatic carbocycles. The van der Waals surface area contributed by atoms with Crippen molar-refractivity contribution in [3.05, 3.63) is 107 Å². The number of nitrogens with two attached hydrogens (primary N) is 1. The number of aliphatic hydroxyl groups excluding tert-OH is 1. The van der Waals surface area contributed by atoms with Crippen LogP contribution in [-0.2, 0) is 19.1 Å². The number of aliphatic carboxylic acids is 2. The Labute approximate surface area is 211 Å². The van der Waals surface area contributed by atoms with Gasteiger partial charge in [0.2, 0.25) is 12.2 Å². The number of carbonyl (C=O) groups is 4. The van der Waals surface area contributed by atoms with Gasteiger partial charge in [0.05, 0.1) is 17.2 Å². The summed E-state index contributed by atoms with van der Waals surface area (Å²) in [5.41, 5.74) is 7.92. The lowest BCUT2D eigenvalue weighted by atomic mass is 10.1. The van der Waals surface area contributed by atoms with Crippen LogP contribution in [-0.4, -0.2) is 51.4 Å². The number of esters is 2. The number of ether oxygens (including phenoxy) is 2. The minimum atomic E-state index is -2.21. The molecular formula is C27H25NO9. The average Bonchev–Trinajstić information content (AvgIpc) is 3.20. The Morgan fingerprint density at radius 2 is 1.05 bits per heavy atom. The topological polar surface area (TPSA) is 173 Å². The van der Waals surface area contributed by atoms with E-state index in [0.29, 0.717) is 6.42 Å². The zero-order valence-electron chi connectivity index (χ0n) is 19.5. The number of hydrogen-bond acceptors (Lipinski definition) is 8. The average molecular weight is 507 g/mol. The lowest BCUT2D eigenvalue weighted by Gasteiger charge is -2.21. The van der Waals surface area contributed by atoms with E-state index in [4.69, 9.17) is 15.2 Å². The van der Waals surface area contributed by atoms with Crippen molar-refractivity contribution in [2.24, 2.45) is 5.73 Å². The summed E-state index contributed by atoms with van der Waals surface area (Å²) in [6.45, 7) is 0. The fraction of sp³-hybridized carbons (Fsp3) is 0.185. The van der Waals surface area contributed by atoms with Crippen molar-refractivity contribution >= 4 is 23.9 Å². The lowest BCUT2D eigenvalue weighted by molar-refractivity contribution is -0.166. The molecule has 0 amide bonds. The van der Waals surface area contributed by atoms with Gasteiger partial charge in [0.1, 0.15) is 0 Å². The van der Waals surface area contributed by atoms with Gasteiger partial charge >= 0.3 is 23.9 Å². The van der Waals surface area contributed by atoms with Crippen molar-refractivity contribution < 1.29 is 44.0 Å². The molecule has 0 saturated carbocycles. The number of benzene rings is 3. The summed E-state index contributed by atoms with van der Waals surface area (Å²) in [6, 6.07) is 22.7. The van der Waals surface area contributed by atoms with Gasteiger partial charge in [0.25, 0.3) is 0 Å². The number of aliphatic hydroxyl groups is 1. The van der Waals surface area contributed by atoms with Gasteiger partial charge in [-0.15, -0.1) is 0 Å². The van der Waals surface area contributed by atoms with E-state index in [-0.39, 0.29) is 23.3 Å². The molecule has 0 saturated heterocycles. The third kappa shape index (κ3) is 7.00. The van der Waals surface area contributed by atoms with Crippen LogP contribution in [0, 0.1) is 0 Å². The highest BCUT2D eigenvalue weighted by atomic mass is 16.6. The van der Waals surface area contributed by atoms with E-state index in [1.807, 2.05) is 24.3 Å². The molecule has 37 heavy (non-hydrogen) atoms. The predicted molar refractivity (Wildman–Crippen MR) is 130 cm³/mol. The van der Waals surface area contributed by atoms with Crippen molar-refractivity contribution in [1.29, 1.82) is 0 Å². The zero-order valence-corrected chi connectivity index (χ0v) is 19.5. The molecule has 0 aromatic heterocycles. The molecule has 0 spiro atoms. The van der Waals surface area contributed by atoms with Crippen molar-refractivity contribution in [2.75, 3.05) is 0 Å². The van der Waals surface area contributed by atoms with Crippen LogP contribution in [0.25, 0.3) is 0 Å². The summed E-state index contributed by atoms with van der Waals surface area (Å²) < 4.78 is 9.52. The highest BCUT2D eigenvalue weighted by molar-refractivity contribution is 5.95. The Balaban J connectivity index is 0.000000284. The highest BCUT2D eigenvalue weighted by Gasteiger charge is 2.41. The monoisotopic (exact) mass is 507 g/mol. The Bertz CT molecular complexity index is 1150. The summed E-state index contributed by atoms with van der Waals surface area (Å²) in [7, 11) is 0. The third-order valence-corrected chi connectivity index (χ3v) is 5.48. The number of fused-ring (bicyclic) bond motifs is 1. The van der Waals surface area contributed by atoms with Crippen LogP contribution in [0.1, 0.15) is 50.4 Å². The van der Waals surface area contributed by atoms with Crippen LogP contribution < -0.4 is 5.73 Å². The fourth-order valence-electron chi connectivity index (χ4n) is 3.65. The van der Waals surface area contributed by atoms with E-state index in [0.717, 1.165) is 11.1 Å². The molecule has 4 atom stereocenters. The largest absolute Gasteiger partial charge is 0.478 e. The molecule has 5 N–H and O–H groups in total. The first-order valence-corrected chi connectivity index (χ1v) is 11.2. The van der Waals surface area contributed by atoms with Crippen LogP contribution in [0.4, 0.5) is 0 Å². The smallest absolute Gasteiger partial charge is 0.349 e. The van der Waals surface area contributed by atoms with Gasteiger partial charge in [-0.1, -0.05) is 60.7 Å². The van der Waals surface area contributed by atoms with Gasteiger partial charge < -0.3 is 30.5 Å².